The van der Waals surface area contributed by atoms with Gasteiger partial charge in [-0.25, -0.2) is 9.07 Å². The quantitative estimate of drug-likeness (QED) is 0.768. The lowest BCUT2D eigenvalue weighted by Gasteiger charge is -2.24. The van der Waals surface area contributed by atoms with E-state index in [1.807, 2.05) is 19.9 Å². The van der Waals surface area contributed by atoms with E-state index in [4.69, 9.17) is 0 Å². The molecule has 0 aliphatic heterocycles. The molecular weight excluding hydrogens is 343 g/mol. The number of benzene rings is 1. The summed E-state index contributed by atoms with van der Waals surface area (Å²) in [5, 5.41) is 7.48. The summed E-state index contributed by atoms with van der Waals surface area (Å²) in [6, 6.07) is 8.48. The van der Waals surface area contributed by atoms with E-state index in [0.29, 0.717) is 11.4 Å². The summed E-state index contributed by atoms with van der Waals surface area (Å²) >= 11 is 0. The van der Waals surface area contributed by atoms with E-state index in [-0.39, 0.29) is 17.8 Å². The molecule has 6 heteroatoms. The van der Waals surface area contributed by atoms with Gasteiger partial charge in [0.2, 0.25) is 0 Å². The number of carbonyl (C=O) groups excluding carboxylic acids is 1. The van der Waals surface area contributed by atoms with Crippen LogP contribution < -0.4 is 5.32 Å². The highest BCUT2D eigenvalue weighted by Crippen LogP contribution is 2.32. The summed E-state index contributed by atoms with van der Waals surface area (Å²) in [6.45, 7) is 3.86. The van der Waals surface area contributed by atoms with Gasteiger partial charge in [-0.3, -0.25) is 9.78 Å². The maximum absolute atomic E-state index is 14.3. The number of hydrogen-bond acceptors (Lipinski definition) is 3. The van der Waals surface area contributed by atoms with Gasteiger partial charge in [0.15, 0.2) is 0 Å². The number of rotatable bonds is 3. The predicted molar refractivity (Wildman–Crippen MR) is 100 cm³/mol. The molecule has 1 atom stereocenters. The highest BCUT2D eigenvalue weighted by atomic mass is 19.1. The molecule has 3 aromatic rings. The van der Waals surface area contributed by atoms with Gasteiger partial charge in [0.05, 0.1) is 12.2 Å². The summed E-state index contributed by atoms with van der Waals surface area (Å²) in [5.41, 5.74) is 4.71. The summed E-state index contributed by atoms with van der Waals surface area (Å²) in [7, 11) is 0. The first-order valence-corrected chi connectivity index (χ1v) is 9.10. The van der Waals surface area contributed by atoms with Crippen molar-refractivity contribution in [1.82, 2.24) is 20.1 Å². The molecule has 4 rings (SSSR count). The molecule has 0 radical (unpaired) electrons. The lowest BCUT2D eigenvalue weighted by molar-refractivity contribution is 0.0927. The number of halogens is 1. The molecule has 0 bridgehead atoms. The number of pyridine rings is 1. The summed E-state index contributed by atoms with van der Waals surface area (Å²) in [4.78, 5) is 16.7. The second-order valence-corrected chi connectivity index (χ2v) is 7.05. The Morgan fingerprint density at radius 2 is 2.04 bits per heavy atom. The smallest absolute Gasteiger partial charge is 0.270 e. The second-order valence-electron chi connectivity index (χ2n) is 7.05. The Morgan fingerprint density at radius 1 is 1.22 bits per heavy atom. The summed E-state index contributed by atoms with van der Waals surface area (Å²) in [5.74, 6) is -0.507. The molecule has 138 valence electrons. The Morgan fingerprint density at radius 3 is 2.85 bits per heavy atom. The zero-order chi connectivity index (χ0) is 19.0. The van der Waals surface area contributed by atoms with E-state index in [9.17, 15) is 9.18 Å². The largest absolute Gasteiger partial charge is 0.344 e. The fourth-order valence-electron chi connectivity index (χ4n) is 3.59. The average molecular weight is 364 g/mol. The van der Waals surface area contributed by atoms with Crippen LogP contribution in [0.25, 0.3) is 5.69 Å². The van der Waals surface area contributed by atoms with Crippen LogP contribution in [0.15, 0.2) is 42.7 Å². The molecule has 0 spiro atoms. The van der Waals surface area contributed by atoms with Crippen LogP contribution in [0.4, 0.5) is 4.39 Å². The third-order valence-electron chi connectivity index (χ3n) is 4.97. The first-order valence-electron chi connectivity index (χ1n) is 9.10. The lowest BCUT2D eigenvalue weighted by Crippen LogP contribution is -2.31. The first kappa shape index (κ1) is 17.4. The Labute approximate surface area is 157 Å². The van der Waals surface area contributed by atoms with E-state index in [0.717, 1.165) is 41.6 Å². The molecule has 27 heavy (non-hydrogen) atoms. The molecule has 5 nitrogen and oxygen atoms in total. The minimum atomic E-state index is -0.304. The lowest BCUT2D eigenvalue weighted by atomic mass is 9.92. The minimum Gasteiger partial charge on any atom is -0.344 e. The van der Waals surface area contributed by atoms with Crippen molar-refractivity contribution >= 4 is 5.91 Å². The third kappa shape index (κ3) is 3.35. The van der Waals surface area contributed by atoms with E-state index < -0.39 is 0 Å². The zero-order valence-electron chi connectivity index (χ0n) is 15.4. The molecule has 0 unspecified atom stereocenters. The number of nitrogens with one attached hydrogen (secondary N) is 1. The molecule has 1 N–H and O–H groups in total. The minimum absolute atomic E-state index is 0.148. The van der Waals surface area contributed by atoms with Crippen molar-refractivity contribution in [3.8, 4) is 5.69 Å². The Kier molecular flexibility index (Phi) is 4.48. The van der Waals surface area contributed by atoms with Gasteiger partial charge in [0.25, 0.3) is 5.91 Å². The molecule has 0 saturated carbocycles. The molecule has 2 aromatic heterocycles. The number of hydrogen-bond donors (Lipinski definition) is 1. The number of nitrogens with zero attached hydrogens (tertiary/aromatic N) is 3. The number of aromatic nitrogens is 3. The highest BCUT2D eigenvalue weighted by molar-refractivity contribution is 5.92. The average Bonchev–Trinajstić information content (AvgIpc) is 3.08. The standard InChI is InChI=1S/C21H21FN4O/c1-13-6-7-16(22)20(11-13)26-19-5-3-4-17(15(19)12-24-26)25-21(27)18-10-14(2)8-9-23-18/h6-12,17H,3-5H2,1-2H3,(H,25,27)/t17-/m1/s1. The van der Waals surface area contributed by atoms with Crippen molar-refractivity contribution in [1.29, 1.82) is 0 Å². The van der Waals surface area contributed by atoms with Gasteiger partial charge < -0.3 is 5.32 Å². The van der Waals surface area contributed by atoms with Crippen LogP contribution in [-0.2, 0) is 6.42 Å². The maximum atomic E-state index is 14.3. The molecule has 1 amide bonds. The number of amides is 1. The van der Waals surface area contributed by atoms with Crippen LogP contribution in [0.5, 0.6) is 0 Å². The number of fused-ring (bicyclic) bond motifs is 1. The predicted octanol–water partition coefficient (Wildman–Crippen LogP) is 3.83. The molecule has 0 saturated heterocycles. The van der Waals surface area contributed by atoms with Crippen molar-refractivity contribution in [3.63, 3.8) is 0 Å². The van der Waals surface area contributed by atoms with Crippen LogP contribution in [0.3, 0.4) is 0 Å². The Bertz CT molecular complexity index is 1010. The van der Waals surface area contributed by atoms with Crippen molar-refractivity contribution in [2.45, 2.75) is 39.2 Å². The SMILES string of the molecule is Cc1ccnc(C(=O)N[C@@H]2CCCc3c2cnn3-c2cc(C)ccc2F)c1. The van der Waals surface area contributed by atoms with E-state index in [1.165, 1.54) is 6.07 Å². The van der Waals surface area contributed by atoms with Crippen LogP contribution in [0.1, 0.15) is 51.8 Å². The number of carbonyl (C=O) groups is 1. The maximum Gasteiger partial charge on any atom is 0.270 e. The highest BCUT2D eigenvalue weighted by Gasteiger charge is 2.27. The fourth-order valence-corrected chi connectivity index (χ4v) is 3.59. The first-order chi connectivity index (χ1) is 13.0. The van der Waals surface area contributed by atoms with Gasteiger partial charge in [-0.15, -0.1) is 0 Å². The third-order valence-corrected chi connectivity index (χ3v) is 4.97. The second kappa shape index (κ2) is 6.95. The molecular formula is C21H21FN4O. The molecule has 0 fully saturated rings. The van der Waals surface area contributed by atoms with Gasteiger partial charge in [0.1, 0.15) is 17.2 Å². The van der Waals surface area contributed by atoms with Crippen molar-refractivity contribution < 1.29 is 9.18 Å². The van der Waals surface area contributed by atoms with Crippen molar-refractivity contribution in [2.24, 2.45) is 0 Å². The van der Waals surface area contributed by atoms with E-state index in [2.05, 4.69) is 15.4 Å². The molecule has 1 aromatic carbocycles. The van der Waals surface area contributed by atoms with Crippen molar-refractivity contribution in [2.75, 3.05) is 0 Å². The van der Waals surface area contributed by atoms with Crippen LogP contribution in [0, 0.1) is 19.7 Å². The molecule has 1 aliphatic rings. The topological polar surface area (TPSA) is 59.8 Å². The summed E-state index contributed by atoms with van der Waals surface area (Å²) < 4.78 is 16.0. The van der Waals surface area contributed by atoms with Gasteiger partial charge in [-0.1, -0.05) is 6.07 Å². The van der Waals surface area contributed by atoms with Crippen LogP contribution >= 0.6 is 0 Å². The van der Waals surface area contributed by atoms with E-state index >= 15 is 0 Å². The monoisotopic (exact) mass is 364 g/mol. The number of aryl methyl sites for hydroxylation is 2. The normalized spacial score (nSPS) is 16.0. The van der Waals surface area contributed by atoms with E-state index in [1.54, 1.807) is 35.3 Å². The fraction of sp³-hybridized carbons (Fsp3) is 0.286. The van der Waals surface area contributed by atoms with Crippen LogP contribution in [-0.4, -0.2) is 20.7 Å². The molecule has 2 heterocycles. The zero-order valence-corrected chi connectivity index (χ0v) is 15.4. The van der Waals surface area contributed by atoms with Crippen molar-refractivity contribution in [3.05, 3.63) is 76.6 Å². The Hall–Kier alpha value is -3.02. The van der Waals surface area contributed by atoms with Gasteiger partial charge in [-0.05, 0) is 68.5 Å². The van der Waals surface area contributed by atoms with Gasteiger partial charge in [0, 0.05) is 17.5 Å². The van der Waals surface area contributed by atoms with Gasteiger partial charge >= 0.3 is 0 Å². The molecule has 1 aliphatic carbocycles. The Balaban J connectivity index is 1.64. The summed E-state index contributed by atoms with van der Waals surface area (Å²) in [6.07, 6.45) is 5.91. The van der Waals surface area contributed by atoms with Gasteiger partial charge in [-0.2, -0.15) is 5.10 Å². The van der Waals surface area contributed by atoms with Crippen LogP contribution in [0.2, 0.25) is 0 Å².